The van der Waals surface area contributed by atoms with E-state index in [0.29, 0.717) is 65.3 Å². The van der Waals surface area contributed by atoms with E-state index in [-0.39, 0.29) is 17.4 Å². The average Bonchev–Trinajstić information content (AvgIpc) is 3.68. The quantitative estimate of drug-likeness (QED) is 0.118. The molecular formula is C34H34N2O7S. The van der Waals surface area contributed by atoms with Crippen molar-refractivity contribution < 1.29 is 33.6 Å². The van der Waals surface area contributed by atoms with Gasteiger partial charge in [-0.1, -0.05) is 24.3 Å². The van der Waals surface area contributed by atoms with Crippen molar-refractivity contribution in [1.82, 2.24) is 4.98 Å². The first kappa shape index (κ1) is 29.5. The van der Waals surface area contributed by atoms with Crippen molar-refractivity contribution in [2.24, 2.45) is 0 Å². The second-order valence-electron chi connectivity index (χ2n) is 10.7. The summed E-state index contributed by atoms with van der Waals surface area (Å²) in [5, 5.41) is 12.1. The van der Waals surface area contributed by atoms with Gasteiger partial charge in [0.05, 0.1) is 41.7 Å². The van der Waals surface area contributed by atoms with E-state index in [0.717, 1.165) is 22.4 Å². The smallest absolute Gasteiger partial charge is 0.301 e. The van der Waals surface area contributed by atoms with E-state index in [4.69, 9.17) is 23.9 Å². The fraction of sp³-hybridized carbons (Fsp3) is 0.324. The number of aromatic nitrogens is 1. The number of thiazole rings is 1. The van der Waals surface area contributed by atoms with E-state index in [1.165, 1.54) is 16.2 Å². The molecule has 1 amide bonds. The molecule has 44 heavy (non-hydrogen) atoms. The number of nitrogens with zero attached hydrogens (tertiary/aromatic N) is 2. The van der Waals surface area contributed by atoms with Gasteiger partial charge in [0.2, 0.25) is 0 Å². The molecule has 0 saturated carbocycles. The molecule has 1 saturated heterocycles. The van der Waals surface area contributed by atoms with Crippen molar-refractivity contribution in [3.63, 3.8) is 0 Å². The van der Waals surface area contributed by atoms with Gasteiger partial charge in [-0.2, -0.15) is 0 Å². The van der Waals surface area contributed by atoms with E-state index in [2.05, 4.69) is 0 Å². The van der Waals surface area contributed by atoms with E-state index < -0.39 is 17.7 Å². The molecule has 1 N–H and O–H groups in total. The summed E-state index contributed by atoms with van der Waals surface area (Å²) in [4.78, 5) is 33.7. The molecule has 1 fully saturated rings. The summed E-state index contributed by atoms with van der Waals surface area (Å²) in [5.74, 6) is 0.647. The van der Waals surface area contributed by atoms with Gasteiger partial charge < -0.3 is 24.1 Å². The molecule has 0 unspecified atom stereocenters. The number of Topliss-reactive ketones (excluding diaryl/α,β-unsaturated/α-hetero) is 1. The van der Waals surface area contributed by atoms with Gasteiger partial charge in [0.15, 0.2) is 16.6 Å². The number of carbonyl (C=O) groups excluding carboxylic acids is 2. The number of benzene rings is 3. The second-order valence-corrected chi connectivity index (χ2v) is 11.7. The number of ketones is 1. The minimum absolute atomic E-state index is 0.0145. The minimum Gasteiger partial charge on any atom is -0.507 e. The Labute approximate surface area is 259 Å². The lowest BCUT2D eigenvalue weighted by molar-refractivity contribution is -0.132. The van der Waals surface area contributed by atoms with Crippen LogP contribution in [0.4, 0.5) is 5.13 Å². The highest BCUT2D eigenvalue weighted by atomic mass is 32.1. The Morgan fingerprint density at radius 3 is 2.59 bits per heavy atom. The molecule has 0 radical (unpaired) electrons. The number of aliphatic hydroxyl groups is 1. The Balaban J connectivity index is 1.52. The first-order valence-electron chi connectivity index (χ1n) is 14.9. The Hall–Kier alpha value is -4.57. The normalized spacial score (nSPS) is 18.9. The fourth-order valence-corrected chi connectivity index (χ4v) is 6.64. The van der Waals surface area contributed by atoms with Gasteiger partial charge in [0.25, 0.3) is 5.78 Å². The zero-order valence-corrected chi connectivity index (χ0v) is 25.9. The van der Waals surface area contributed by atoms with Crippen LogP contribution >= 0.6 is 11.3 Å². The number of fused-ring (bicyclic) bond motifs is 2. The zero-order chi connectivity index (χ0) is 31.0. The third-order valence-electron chi connectivity index (χ3n) is 7.52. The van der Waals surface area contributed by atoms with Crippen LogP contribution in [0, 0.1) is 0 Å². The molecule has 1 aromatic heterocycles. The Morgan fingerprint density at radius 1 is 1.00 bits per heavy atom. The summed E-state index contributed by atoms with van der Waals surface area (Å²) >= 11 is 1.28. The van der Waals surface area contributed by atoms with Crippen LogP contribution in [0.25, 0.3) is 16.0 Å². The van der Waals surface area contributed by atoms with Crippen molar-refractivity contribution in [1.29, 1.82) is 0 Å². The van der Waals surface area contributed by atoms with Gasteiger partial charge >= 0.3 is 5.91 Å². The summed E-state index contributed by atoms with van der Waals surface area (Å²) in [6, 6.07) is 15.2. The lowest BCUT2D eigenvalue weighted by Gasteiger charge is -2.24. The fourth-order valence-electron chi connectivity index (χ4n) is 5.62. The number of rotatable bonds is 10. The molecule has 0 bridgehead atoms. The minimum atomic E-state index is -0.968. The number of anilines is 1. The van der Waals surface area contributed by atoms with Crippen molar-refractivity contribution in [3.8, 4) is 23.0 Å². The van der Waals surface area contributed by atoms with Gasteiger partial charge in [-0.15, -0.1) is 0 Å². The molecule has 2 aliphatic heterocycles. The van der Waals surface area contributed by atoms with Crippen LogP contribution in [0.2, 0.25) is 0 Å². The summed E-state index contributed by atoms with van der Waals surface area (Å²) in [6.45, 7) is 9.19. The van der Waals surface area contributed by atoms with Crippen molar-refractivity contribution in [2.45, 2.75) is 52.7 Å². The Bertz CT molecular complexity index is 1780. The highest BCUT2D eigenvalue weighted by molar-refractivity contribution is 7.22. The van der Waals surface area contributed by atoms with Crippen LogP contribution in [-0.4, -0.2) is 47.7 Å². The van der Waals surface area contributed by atoms with E-state index in [9.17, 15) is 14.7 Å². The van der Waals surface area contributed by atoms with Crippen LogP contribution in [0.1, 0.15) is 56.8 Å². The van der Waals surface area contributed by atoms with Crippen LogP contribution < -0.4 is 23.8 Å². The number of hydrogen-bond acceptors (Lipinski definition) is 9. The number of amides is 1. The molecular weight excluding hydrogens is 580 g/mol. The lowest BCUT2D eigenvalue weighted by atomic mass is 9.94. The number of ether oxygens (including phenoxy) is 4. The van der Waals surface area contributed by atoms with E-state index in [1.54, 1.807) is 30.3 Å². The number of hydrogen-bond donors (Lipinski definition) is 1. The third kappa shape index (κ3) is 5.34. The van der Waals surface area contributed by atoms with E-state index in [1.807, 2.05) is 52.0 Å². The molecule has 0 spiro atoms. The van der Waals surface area contributed by atoms with Crippen LogP contribution in [0.15, 0.2) is 60.2 Å². The standard InChI is InChI=1S/C34H34N2O7S/c1-5-14-42-26-13-8-20(17-27(26)41-7-3)30-29(31(37)21-9-12-25-22(16-21)15-19(4)43-25)32(38)33(39)36(30)34-35-24-11-10-23(40-6-2)18-28(24)44-34/h8-13,16-19,30,37H,5-7,14-15H2,1-4H3/t19-,30+/m0/s1. The van der Waals surface area contributed by atoms with Gasteiger partial charge in [0.1, 0.15) is 23.4 Å². The lowest BCUT2D eigenvalue weighted by Crippen LogP contribution is -2.29. The highest BCUT2D eigenvalue weighted by Crippen LogP contribution is 2.46. The van der Waals surface area contributed by atoms with Crippen molar-refractivity contribution >= 4 is 44.1 Å². The largest absolute Gasteiger partial charge is 0.507 e. The zero-order valence-electron chi connectivity index (χ0n) is 25.1. The number of aliphatic hydroxyl groups excluding tert-OH is 1. The van der Waals surface area contributed by atoms with Gasteiger partial charge in [0, 0.05) is 12.0 Å². The monoisotopic (exact) mass is 614 g/mol. The average molecular weight is 615 g/mol. The summed E-state index contributed by atoms with van der Waals surface area (Å²) < 4.78 is 24.1. The summed E-state index contributed by atoms with van der Waals surface area (Å²) in [6.07, 6.45) is 1.52. The maximum atomic E-state index is 13.8. The first-order valence-corrected chi connectivity index (χ1v) is 15.7. The molecule has 3 heterocycles. The predicted molar refractivity (Wildman–Crippen MR) is 169 cm³/mol. The molecule has 2 aliphatic rings. The molecule has 3 aromatic carbocycles. The maximum Gasteiger partial charge on any atom is 0.301 e. The molecule has 0 aliphatic carbocycles. The Morgan fingerprint density at radius 2 is 1.82 bits per heavy atom. The SMILES string of the molecule is CCCOc1ccc([C@@H]2C(=C(O)c3ccc4c(c3)C[C@H](C)O4)C(=O)C(=O)N2c2nc3ccc(OCC)cc3s2)cc1OCC. The molecule has 10 heteroatoms. The number of carbonyl (C=O) groups is 2. The highest BCUT2D eigenvalue weighted by Gasteiger charge is 2.48. The van der Waals surface area contributed by atoms with Gasteiger partial charge in [-0.05, 0) is 86.8 Å². The maximum absolute atomic E-state index is 13.8. The van der Waals surface area contributed by atoms with Gasteiger partial charge in [-0.25, -0.2) is 4.98 Å². The Kier molecular flexibility index (Phi) is 8.18. The third-order valence-corrected chi connectivity index (χ3v) is 8.54. The topological polar surface area (TPSA) is 107 Å². The summed E-state index contributed by atoms with van der Waals surface area (Å²) in [5.41, 5.74) is 2.58. The van der Waals surface area contributed by atoms with Crippen molar-refractivity contribution in [2.75, 3.05) is 24.7 Å². The second kappa shape index (κ2) is 12.2. The van der Waals surface area contributed by atoms with Crippen LogP contribution in [0.3, 0.4) is 0 Å². The van der Waals surface area contributed by atoms with E-state index >= 15 is 0 Å². The molecule has 9 nitrogen and oxygen atoms in total. The van der Waals surface area contributed by atoms with Crippen LogP contribution in [0.5, 0.6) is 23.0 Å². The molecule has 4 aromatic rings. The van der Waals surface area contributed by atoms with Crippen molar-refractivity contribution in [3.05, 3.63) is 76.9 Å². The first-order chi connectivity index (χ1) is 21.3. The molecule has 2 atom stereocenters. The predicted octanol–water partition coefficient (Wildman–Crippen LogP) is 6.83. The molecule has 6 rings (SSSR count). The van der Waals surface area contributed by atoms with Crippen LogP contribution in [-0.2, 0) is 16.0 Å². The van der Waals surface area contributed by atoms with Gasteiger partial charge in [-0.3, -0.25) is 14.5 Å². The molecule has 228 valence electrons. The summed E-state index contributed by atoms with van der Waals surface area (Å²) in [7, 11) is 0.